The van der Waals surface area contributed by atoms with Crippen molar-refractivity contribution in [1.29, 1.82) is 0 Å². The summed E-state index contributed by atoms with van der Waals surface area (Å²) in [5, 5.41) is 16.7. The van der Waals surface area contributed by atoms with Gasteiger partial charge in [0.15, 0.2) is 0 Å². The Kier molecular flexibility index (Phi) is 3.38. The van der Waals surface area contributed by atoms with Gasteiger partial charge >= 0.3 is 0 Å². The normalized spacial score (nSPS) is 20.8. The van der Waals surface area contributed by atoms with Gasteiger partial charge in [-0.25, -0.2) is 5.01 Å². The molecular weight excluding hydrogens is 326 g/mol. The van der Waals surface area contributed by atoms with E-state index in [-0.39, 0.29) is 18.0 Å². The average molecular weight is 343 g/mol. The second kappa shape index (κ2) is 5.88. The molecule has 0 radical (unpaired) electrons. The topological polar surface area (TPSA) is 58.0 Å². The Hall–Kier alpha value is -3.34. The number of aromatic nitrogens is 1. The minimum Gasteiger partial charge on any atom is -0.508 e. The number of hydrogen-bond donors (Lipinski definition) is 1. The Balaban J connectivity index is 1.60. The van der Waals surface area contributed by atoms with Gasteiger partial charge in [-0.2, -0.15) is 5.10 Å². The smallest absolute Gasteiger partial charge is 0.215 e. The monoisotopic (exact) mass is 343 g/mol. The van der Waals surface area contributed by atoms with Crippen LogP contribution in [0.15, 0.2) is 78.2 Å². The highest BCUT2D eigenvalue weighted by atomic mass is 16.5. The highest BCUT2D eigenvalue weighted by Gasteiger charge is 2.40. The Labute approximate surface area is 151 Å². The highest BCUT2D eigenvalue weighted by molar-refractivity contribution is 6.02. The molecule has 3 heterocycles. The van der Waals surface area contributed by atoms with Gasteiger partial charge in [-0.3, -0.25) is 4.98 Å². The van der Waals surface area contributed by atoms with Gasteiger partial charge in [0.1, 0.15) is 11.5 Å². The number of fused-ring (bicyclic) bond motifs is 3. The standard InChI is InChI=1S/C21H17N3O2/c25-16-7-3-5-14(11-16)18-12-19-17-8-1-2-9-20(17)26-21(24(19)23-18)15-6-4-10-22-13-15/h1-11,13,19,21,25H,12H2/t19-,21-/m1/s1. The lowest BCUT2D eigenvalue weighted by atomic mass is 9.96. The molecule has 5 rings (SSSR count). The van der Waals surface area contributed by atoms with Gasteiger partial charge in [0.25, 0.3) is 0 Å². The lowest BCUT2D eigenvalue weighted by molar-refractivity contribution is -0.0192. The zero-order valence-corrected chi connectivity index (χ0v) is 14.0. The molecule has 2 aliphatic rings. The van der Waals surface area contributed by atoms with Gasteiger partial charge in [-0.1, -0.05) is 36.4 Å². The largest absolute Gasteiger partial charge is 0.508 e. The average Bonchev–Trinajstić information content (AvgIpc) is 3.14. The summed E-state index contributed by atoms with van der Waals surface area (Å²) in [5.41, 5.74) is 3.97. The van der Waals surface area contributed by atoms with Crippen LogP contribution in [0.5, 0.6) is 11.5 Å². The Morgan fingerprint density at radius 3 is 2.81 bits per heavy atom. The van der Waals surface area contributed by atoms with Gasteiger partial charge < -0.3 is 9.84 Å². The molecule has 1 aromatic heterocycles. The molecule has 26 heavy (non-hydrogen) atoms. The van der Waals surface area contributed by atoms with Gasteiger partial charge in [-0.05, 0) is 24.3 Å². The van der Waals surface area contributed by atoms with Crippen LogP contribution in [0.25, 0.3) is 0 Å². The molecular formula is C21H17N3O2. The number of aromatic hydroxyl groups is 1. The van der Waals surface area contributed by atoms with Crippen molar-refractivity contribution in [3.8, 4) is 11.5 Å². The first-order chi connectivity index (χ1) is 12.8. The Bertz CT molecular complexity index is 987. The van der Waals surface area contributed by atoms with E-state index in [1.165, 1.54) is 0 Å². The third-order valence-electron chi connectivity index (χ3n) is 4.85. The van der Waals surface area contributed by atoms with E-state index in [0.29, 0.717) is 0 Å². The molecule has 5 nitrogen and oxygen atoms in total. The van der Waals surface area contributed by atoms with Crippen molar-refractivity contribution < 1.29 is 9.84 Å². The SMILES string of the molecule is Oc1cccc(C2=NN3[C@H](C2)c2ccccc2O[C@@H]3c2cccnc2)c1. The maximum Gasteiger partial charge on any atom is 0.215 e. The van der Waals surface area contributed by atoms with Crippen molar-refractivity contribution in [1.82, 2.24) is 9.99 Å². The molecule has 0 bridgehead atoms. The molecule has 5 heteroatoms. The van der Waals surface area contributed by atoms with Crippen LogP contribution in [0.4, 0.5) is 0 Å². The maximum atomic E-state index is 9.82. The van der Waals surface area contributed by atoms with E-state index in [2.05, 4.69) is 11.1 Å². The van der Waals surface area contributed by atoms with Gasteiger partial charge in [0, 0.05) is 35.5 Å². The molecule has 0 saturated carbocycles. The fraction of sp³-hybridized carbons (Fsp3) is 0.143. The summed E-state index contributed by atoms with van der Waals surface area (Å²) in [6.45, 7) is 0. The molecule has 2 aliphatic heterocycles. The summed E-state index contributed by atoms with van der Waals surface area (Å²) < 4.78 is 6.27. The molecule has 0 aliphatic carbocycles. The minimum absolute atomic E-state index is 0.0995. The lowest BCUT2D eigenvalue weighted by Crippen LogP contribution is -2.33. The summed E-state index contributed by atoms with van der Waals surface area (Å²) in [4.78, 5) is 4.23. The Morgan fingerprint density at radius 1 is 1.04 bits per heavy atom. The minimum atomic E-state index is -0.321. The molecule has 1 N–H and O–H groups in total. The third kappa shape index (κ3) is 2.40. The van der Waals surface area contributed by atoms with Crippen LogP contribution in [0.3, 0.4) is 0 Å². The summed E-state index contributed by atoms with van der Waals surface area (Å²) in [6.07, 6.45) is 4.01. The van der Waals surface area contributed by atoms with Crippen LogP contribution in [-0.2, 0) is 0 Å². The fourth-order valence-corrected chi connectivity index (χ4v) is 3.64. The van der Waals surface area contributed by atoms with E-state index in [0.717, 1.165) is 34.6 Å². The zero-order valence-electron chi connectivity index (χ0n) is 14.0. The maximum absolute atomic E-state index is 9.82. The molecule has 2 atom stereocenters. The zero-order chi connectivity index (χ0) is 17.5. The predicted molar refractivity (Wildman–Crippen MR) is 97.9 cm³/mol. The number of nitrogens with zero attached hydrogens (tertiary/aromatic N) is 3. The van der Waals surface area contributed by atoms with Crippen molar-refractivity contribution in [3.63, 3.8) is 0 Å². The van der Waals surface area contributed by atoms with E-state index in [1.54, 1.807) is 18.3 Å². The second-order valence-electron chi connectivity index (χ2n) is 6.49. The van der Waals surface area contributed by atoms with E-state index in [4.69, 9.17) is 9.84 Å². The van der Waals surface area contributed by atoms with Gasteiger partial charge in [0.2, 0.25) is 6.23 Å². The number of benzene rings is 2. The van der Waals surface area contributed by atoms with Gasteiger partial charge in [-0.15, -0.1) is 0 Å². The second-order valence-corrected chi connectivity index (χ2v) is 6.49. The van der Waals surface area contributed by atoms with Crippen molar-refractivity contribution in [3.05, 3.63) is 89.7 Å². The van der Waals surface area contributed by atoms with E-state index in [9.17, 15) is 5.11 Å². The van der Waals surface area contributed by atoms with Crippen molar-refractivity contribution in [2.45, 2.75) is 18.7 Å². The molecule has 0 unspecified atom stereocenters. The third-order valence-corrected chi connectivity index (χ3v) is 4.85. The lowest BCUT2D eigenvalue weighted by Gasteiger charge is -2.38. The number of phenols is 1. The summed E-state index contributed by atoms with van der Waals surface area (Å²) in [6, 6.07) is 19.4. The number of hydrazone groups is 1. The van der Waals surface area contributed by atoms with E-state index >= 15 is 0 Å². The molecule has 0 amide bonds. The number of rotatable bonds is 2. The van der Waals surface area contributed by atoms with Crippen LogP contribution >= 0.6 is 0 Å². The van der Waals surface area contributed by atoms with E-state index in [1.807, 2.05) is 53.7 Å². The van der Waals surface area contributed by atoms with E-state index < -0.39 is 0 Å². The van der Waals surface area contributed by atoms with Crippen LogP contribution in [0.1, 0.15) is 35.4 Å². The predicted octanol–water partition coefficient (Wildman–Crippen LogP) is 4.03. The summed E-state index contributed by atoms with van der Waals surface area (Å²) >= 11 is 0. The first-order valence-electron chi connectivity index (χ1n) is 8.60. The molecule has 2 aromatic carbocycles. The molecule has 0 fully saturated rings. The van der Waals surface area contributed by atoms with Crippen molar-refractivity contribution in [2.75, 3.05) is 0 Å². The first-order valence-corrected chi connectivity index (χ1v) is 8.60. The van der Waals surface area contributed by atoms with Crippen LogP contribution in [-0.4, -0.2) is 20.8 Å². The fourth-order valence-electron chi connectivity index (χ4n) is 3.64. The molecule has 128 valence electrons. The summed E-state index contributed by atoms with van der Waals surface area (Å²) in [7, 11) is 0. The molecule has 0 spiro atoms. The quantitative estimate of drug-likeness (QED) is 0.763. The summed E-state index contributed by atoms with van der Waals surface area (Å²) in [5.74, 6) is 1.13. The van der Waals surface area contributed by atoms with Crippen LogP contribution in [0.2, 0.25) is 0 Å². The number of phenolic OH excluding ortho intramolecular Hbond substituents is 1. The molecule has 0 saturated heterocycles. The van der Waals surface area contributed by atoms with Crippen LogP contribution in [0, 0.1) is 0 Å². The van der Waals surface area contributed by atoms with Crippen LogP contribution < -0.4 is 4.74 Å². The number of para-hydroxylation sites is 1. The van der Waals surface area contributed by atoms with Crippen molar-refractivity contribution in [2.24, 2.45) is 5.10 Å². The number of ether oxygens (including phenoxy) is 1. The van der Waals surface area contributed by atoms with Crippen molar-refractivity contribution >= 4 is 5.71 Å². The Morgan fingerprint density at radius 2 is 1.96 bits per heavy atom. The number of pyridine rings is 1. The highest BCUT2D eigenvalue weighted by Crippen LogP contribution is 2.47. The first kappa shape index (κ1) is 15.0. The number of hydrogen-bond acceptors (Lipinski definition) is 5. The van der Waals surface area contributed by atoms with Gasteiger partial charge in [0.05, 0.1) is 11.8 Å². The molecule has 3 aromatic rings.